The number of methoxy groups -OCH3 is 1. The van der Waals surface area contributed by atoms with Gasteiger partial charge < -0.3 is 40.4 Å². The highest BCUT2D eigenvalue weighted by Gasteiger charge is 2.72. The monoisotopic (exact) mass is 480 g/mol. The molecule has 4 atom stereocenters. The number of rotatable bonds is 12. The molecule has 3 aliphatic heterocycles. The van der Waals surface area contributed by atoms with Crippen LogP contribution in [0.1, 0.15) is 13.3 Å². The van der Waals surface area contributed by atoms with E-state index in [4.69, 9.17) is 30.2 Å². The lowest BCUT2D eigenvalue weighted by Gasteiger charge is -2.39. The number of nitrogens with one attached hydrogen (secondary N) is 1. The molecule has 3 unspecified atom stereocenters. The van der Waals surface area contributed by atoms with Gasteiger partial charge in [0.1, 0.15) is 6.61 Å². The van der Waals surface area contributed by atoms with Crippen LogP contribution in [-0.4, -0.2) is 115 Å². The van der Waals surface area contributed by atoms with Crippen molar-refractivity contribution in [2.45, 2.75) is 31.2 Å². The molecule has 3 heterocycles. The normalized spacial score (nSPS) is 29.6. The van der Waals surface area contributed by atoms with Crippen LogP contribution in [0.3, 0.4) is 0 Å². The van der Waals surface area contributed by atoms with Gasteiger partial charge in [-0.1, -0.05) is 0 Å². The molecule has 0 radical (unpaired) electrons. The summed E-state index contributed by atoms with van der Waals surface area (Å²) in [7, 11) is 1.52. The van der Waals surface area contributed by atoms with Crippen LogP contribution in [0, 0.1) is 5.92 Å². The fourth-order valence-corrected chi connectivity index (χ4v) is 5.52. The standard InChI is InChI=1S/C22H32N4O8/c1-12-17(29)16-15(18(30)19(12)33-9-3-4-25(5-7-27)6-8-28)13(11-34-21(23)31)22(32-2)20-14(24-20)10-26(16)22/h13-14,20,24,27-28H,3-11H2,1-2H3,(H2,23,31)/t13?,14?,20?,22-/m1/s1. The topological polar surface area (TPSA) is 174 Å². The van der Waals surface area contributed by atoms with Crippen LogP contribution in [0.15, 0.2) is 22.6 Å². The van der Waals surface area contributed by atoms with Crippen molar-refractivity contribution in [3.63, 3.8) is 0 Å². The molecular weight excluding hydrogens is 448 g/mol. The lowest BCUT2D eigenvalue weighted by Crippen LogP contribution is -2.55. The fraction of sp³-hybridized carbons (Fsp3) is 0.682. The number of aliphatic hydroxyl groups excluding tert-OH is 2. The molecule has 188 valence electrons. The van der Waals surface area contributed by atoms with Gasteiger partial charge >= 0.3 is 6.09 Å². The van der Waals surface area contributed by atoms with E-state index < -0.39 is 23.5 Å². The molecule has 1 aliphatic carbocycles. The van der Waals surface area contributed by atoms with Crippen LogP contribution < -0.4 is 11.1 Å². The Kier molecular flexibility index (Phi) is 6.97. The summed E-state index contributed by atoms with van der Waals surface area (Å²) in [5, 5.41) is 21.6. The molecule has 4 rings (SSSR count). The molecule has 0 aromatic rings. The summed E-state index contributed by atoms with van der Waals surface area (Å²) >= 11 is 0. The second-order valence-electron chi connectivity index (χ2n) is 8.87. The third-order valence-corrected chi connectivity index (χ3v) is 7.07. The minimum Gasteiger partial charge on any atom is -0.489 e. The average Bonchev–Trinajstić information content (AvgIpc) is 3.41. The van der Waals surface area contributed by atoms with Gasteiger partial charge in [-0.25, -0.2) is 4.79 Å². The summed E-state index contributed by atoms with van der Waals surface area (Å²) in [5.74, 6) is -1.46. The van der Waals surface area contributed by atoms with Gasteiger partial charge in [-0.2, -0.15) is 0 Å². The Morgan fingerprint density at radius 3 is 2.56 bits per heavy atom. The maximum absolute atomic E-state index is 13.6. The Morgan fingerprint density at radius 1 is 1.24 bits per heavy atom. The van der Waals surface area contributed by atoms with E-state index in [0.29, 0.717) is 32.6 Å². The fourth-order valence-electron chi connectivity index (χ4n) is 5.52. The lowest BCUT2D eigenvalue weighted by molar-refractivity contribution is -0.137. The largest absolute Gasteiger partial charge is 0.489 e. The van der Waals surface area contributed by atoms with E-state index in [1.54, 1.807) is 6.92 Å². The van der Waals surface area contributed by atoms with E-state index in [9.17, 15) is 14.4 Å². The number of hydrogen-bond acceptors (Lipinski definition) is 11. The van der Waals surface area contributed by atoms with E-state index in [2.05, 4.69) is 5.32 Å². The highest BCUT2D eigenvalue weighted by molar-refractivity contribution is 6.25. The summed E-state index contributed by atoms with van der Waals surface area (Å²) < 4.78 is 16.8. The Labute approximate surface area is 197 Å². The zero-order chi connectivity index (χ0) is 24.6. The predicted molar refractivity (Wildman–Crippen MR) is 117 cm³/mol. The summed E-state index contributed by atoms with van der Waals surface area (Å²) in [5.41, 5.74) is 4.90. The van der Waals surface area contributed by atoms with Gasteiger partial charge in [0.2, 0.25) is 11.6 Å². The number of piperazine rings is 1. The maximum Gasteiger partial charge on any atom is 0.404 e. The van der Waals surface area contributed by atoms with Crippen molar-refractivity contribution in [1.82, 2.24) is 15.1 Å². The van der Waals surface area contributed by atoms with Crippen LogP contribution in [0.5, 0.6) is 0 Å². The van der Waals surface area contributed by atoms with Gasteiger partial charge in [-0.15, -0.1) is 0 Å². The number of hydrogen-bond donors (Lipinski definition) is 4. The van der Waals surface area contributed by atoms with Gasteiger partial charge in [0, 0.05) is 50.5 Å². The van der Waals surface area contributed by atoms with Crippen molar-refractivity contribution < 1.29 is 38.8 Å². The number of ether oxygens (including phenoxy) is 3. The first-order valence-corrected chi connectivity index (χ1v) is 11.4. The molecule has 0 aromatic carbocycles. The van der Waals surface area contributed by atoms with Crippen LogP contribution in [0.25, 0.3) is 0 Å². The molecule has 12 heteroatoms. The first-order valence-electron chi connectivity index (χ1n) is 11.4. The molecule has 0 aromatic heterocycles. The molecule has 2 fully saturated rings. The van der Waals surface area contributed by atoms with Gasteiger partial charge in [0.25, 0.3) is 0 Å². The number of amides is 1. The summed E-state index contributed by atoms with van der Waals surface area (Å²) in [6.45, 7) is 3.37. The van der Waals surface area contributed by atoms with Crippen molar-refractivity contribution in [3.8, 4) is 0 Å². The van der Waals surface area contributed by atoms with E-state index in [0.717, 1.165) is 0 Å². The summed E-state index contributed by atoms with van der Waals surface area (Å²) in [6.07, 6.45) is -0.446. The lowest BCUT2D eigenvalue weighted by atomic mass is 9.83. The highest BCUT2D eigenvalue weighted by Crippen LogP contribution is 2.55. The maximum atomic E-state index is 13.6. The molecule has 34 heavy (non-hydrogen) atoms. The number of Topliss-reactive ketones (excluding diaryl/α,β-unsaturated/α-hetero) is 2. The SMILES string of the molecule is CO[C@@]12C(COC(N)=O)C3=C(C(=O)C(C)=C(OCCCN(CCO)CCO)C3=O)N1CC1NC12. The second-order valence-corrected chi connectivity index (χ2v) is 8.87. The molecule has 4 aliphatic rings. The third kappa shape index (κ3) is 3.89. The van der Waals surface area contributed by atoms with Gasteiger partial charge in [0.15, 0.2) is 11.5 Å². The molecular formula is C22H32N4O8. The van der Waals surface area contributed by atoms with E-state index >= 15 is 0 Å². The number of ketones is 2. The van der Waals surface area contributed by atoms with Crippen molar-refractivity contribution in [1.29, 1.82) is 0 Å². The van der Waals surface area contributed by atoms with Crippen LogP contribution >= 0.6 is 0 Å². The Bertz CT molecular complexity index is 928. The van der Waals surface area contributed by atoms with E-state index in [1.807, 2.05) is 9.80 Å². The zero-order valence-electron chi connectivity index (χ0n) is 19.4. The van der Waals surface area contributed by atoms with E-state index in [1.165, 1.54) is 7.11 Å². The summed E-state index contributed by atoms with van der Waals surface area (Å²) in [6, 6.07) is 0.00887. The number of carbonyl (C=O) groups is 3. The smallest absolute Gasteiger partial charge is 0.404 e. The average molecular weight is 481 g/mol. The number of nitrogens with zero attached hydrogens (tertiary/aromatic N) is 2. The molecule has 12 nitrogen and oxygen atoms in total. The number of allylic oxidation sites excluding steroid dienone is 2. The molecule has 0 saturated carbocycles. The van der Waals surface area contributed by atoms with Gasteiger partial charge in [-0.3, -0.25) is 14.5 Å². The Morgan fingerprint density at radius 2 is 1.94 bits per heavy atom. The quantitative estimate of drug-likeness (QED) is 0.139. The second kappa shape index (κ2) is 9.62. The molecule has 5 N–H and O–H groups in total. The zero-order valence-corrected chi connectivity index (χ0v) is 19.4. The minimum absolute atomic E-state index is 0.0172. The minimum atomic E-state index is -1.03. The van der Waals surface area contributed by atoms with Crippen molar-refractivity contribution >= 4 is 17.7 Å². The molecule has 2 saturated heterocycles. The Balaban J connectivity index is 1.53. The van der Waals surface area contributed by atoms with Crippen LogP contribution in [0.4, 0.5) is 4.79 Å². The first-order chi connectivity index (χ1) is 16.3. The first kappa shape index (κ1) is 24.6. The van der Waals surface area contributed by atoms with E-state index in [-0.39, 0.29) is 66.9 Å². The van der Waals surface area contributed by atoms with Crippen molar-refractivity contribution in [2.24, 2.45) is 11.7 Å². The number of nitrogens with two attached hydrogens (primary N) is 1. The third-order valence-electron chi connectivity index (χ3n) is 7.07. The number of aliphatic hydroxyl groups is 2. The number of primary amides is 1. The predicted octanol–water partition coefficient (Wildman–Crippen LogP) is -1.92. The highest BCUT2D eigenvalue weighted by atomic mass is 16.6. The Hall–Kier alpha value is -2.51. The molecule has 0 bridgehead atoms. The van der Waals surface area contributed by atoms with Gasteiger partial charge in [0.05, 0.1) is 37.5 Å². The summed E-state index contributed by atoms with van der Waals surface area (Å²) in [4.78, 5) is 42.1. The molecule has 0 spiro atoms. The van der Waals surface area contributed by atoms with Crippen LogP contribution in [-0.2, 0) is 23.8 Å². The van der Waals surface area contributed by atoms with Crippen molar-refractivity contribution in [3.05, 3.63) is 22.6 Å². The van der Waals surface area contributed by atoms with Crippen LogP contribution in [0.2, 0.25) is 0 Å². The molecule has 1 amide bonds. The van der Waals surface area contributed by atoms with Crippen molar-refractivity contribution in [2.75, 3.05) is 59.7 Å². The number of fused-ring (bicyclic) bond motifs is 4. The van der Waals surface area contributed by atoms with Gasteiger partial charge in [-0.05, 0) is 13.3 Å². The number of carbonyl (C=O) groups excluding carboxylic acids is 3.